The molecule has 0 bridgehead atoms. The van der Waals surface area contributed by atoms with Crippen LogP contribution in [0.1, 0.15) is 43.7 Å². The van der Waals surface area contributed by atoms with Crippen molar-refractivity contribution in [1.29, 1.82) is 5.26 Å². The molecule has 1 amide bonds. The number of nitrogens with two attached hydrogens (primary N) is 1. The number of carbonyl (C=O) groups is 2. The lowest BCUT2D eigenvalue weighted by molar-refractivity contribution is -0.118. The second kappa shape index (κ2) is 10.9. The van der Waals surface area contributed by atoms with E-state index < -0.39 is 5.92 Å². The Morgan fingerprint density at radius 3 is 2.70 bits per heavy atom. The van der Waals surface area contributed by atoms with Crippen LogP contribution in [-0.4, -0.2) is 27.6 Å². The number of nitrogens with one attached hydrogen (secondary N) is 1. The van der Waals surface area contributed by atoms with Crippen molar-refractivity contribution < 1.29 is 14.0 Å². The van der Waals surface area contributed by atoms with Crippen LogP contribution in [0, 0.1) is 29.5 Å². The largest absolute Gasteiger partial charge is 0.384 e. The molecule has 8 nitrogen and oxygen atoms in total. The number of rotatable bonds is 6. The van der Waals surface area contributed by atoms with Crippen molar-refractivity contribution in [2.75, 3.05) is 16.0 Å². The van der Waals surface area contributed by atoms with Crippen LogP contribution < -0.4 is 16.0 Å². The Balaban J connectivity index is 1.46. The molecule has 1 aromatic heterocycles. The zero-order chi connectivity index (χ0) is 28.6. The number of carbonyl (C=O) groups excluding carboxylic acids is 2. The van der Waals surface area contributed by atoms with E-state index in [1.165, 1.54) is 47.4 Å². The summed E-state index contributed by atoms with van der Waals surface area (Å²) >= 11 is 2.43. The third-order valence-corrected chi connectivity index (χ3v) is 8.84. The number of aryl methyl sites for hydroxylation is 1. The topological polar surface area (TPSA) is 125 Å². The molecule has 1 aliphatic carbocycles. The third-order valence-electron chi connectivity index (χ3n) is 6.80. The molecule has 0 spiro atoms. The van der Waals surface area contributed by atoms with E-state index in [-0.39, 0.29) is 34.5 Å². The maximum absolute atomic E-state index is 13.6. The Hall–Kier alpha value is -4.01. The van der Waals surface area contributed by atoms with Gasteiger partial charge in [-0.05, 0) is 48.6 Å². The van der Waals surface area contributed by atoms with Crippen LogP contribution in [-0.2, 0) is 9.59 Å². The highest BCUT2D eigenvalue weighted by Gasteiger charge is 2.45. The van der Waals surface area contributed by atoms with Gasteiger partial charge in [0.2, 0.25) is 11.0 Å². The van der Waals surface area contributed by atoms with Gasteiger partial charge in [0.1, 0.15) is 11.6 Å². The van der Waals surface area contributed by atoms with Crippen LogP contribution in [0.15, 0.2) is 75.5 Å². The second-order valence-electron chi connectivity index (χ2n) is 10.6. The van der Waals surface area contributed by atoms with E-state index in [9.17, 15) is 19.2 Å². The number of allylic oxidation sites excluding steroid dienone is 3. The van der Waals surface area contributed by atoms with Gasteiger partial charge in [-0.2, -0.15) is 5.26 Å². The molecule has 2 aliphatic rings. The number of thioether (sulfide) groups is 1. The SMILES string of the molecule is Cc1cccc(C2C(C#N)=C(N)N(c3nnc(SCC(=O)Nc4ccc(F)cc4)s3)C3=C2C(=O)CC(C)(C)C3)c1. The van der Waals surface area contributed by atoms with Gasteiger partial charge in [0.05, 0.1) is 23.3 Å². The first-order valence-electron chi connectivity index (χ1n) is 12.6. The first-order chi connectivity index (χ1) is 19.1. The predicted octanol–water partition coefficient (Wildman–Crippen LogP) is 5.66. The summed E-state index contributed by atoms with van der Waals surface area (Å²) in [5.41, 5.74) is 10.3. The summed E-state index contributed by atoms with van der Waals surface area (Å²) in [6.07, 6.45) is 0.929. The number of ketones is 1. The molecule has 0 saturated carbocycles. The summed E-state index contributed by atoms with van der Waals surface area (Å²) in [5, 5.41) is 22.0. The Morgan fingerprint density at radius 2 is 2.00 bits per heavy atom. The third kappa shape index (κ3) is 5.50. The van der Waals surface area contributed by atoms with E-state index in [0.29, 0.717) is 39.1 Å². The number of hydrogen-bond acceptors (Lipinski definition) is 9. The van der Waals surface area contributed by atoms with Crippen molar-refractivity contribution in [1.82, 2.24) is 10.2 Å². The molecule has 1 unspecified atom stereocenters. The van der Waals surface area contributed by atoms with Gasteiger partial charge in [-0.3, -0.25) is 14.5 Å². The highest BCUT2D eigenvalue weighted by Crippen LogP contribution is 2.50. The second-order valence-corrected chi connectivity index (χ2v) is 12.8. The van der Waals surface area contributed by atoms with Gasteiger partial charge < -0.3 is 11.1 Å². The average Bonchev–Trinajstić information content (AvgIpc) is 3.36. The van der Waals surface area contributed by atoms with Crippen LogP contribution in [0.2, 0.25) is 0 Å². The number of nitrogens with zero attached hydrogens (tertiary/aromatic N) is 4. The van der Waals surface area contributed by atoms with Gasteiger partial charge in [-0.1, -0.05) is 66.8 Å². The normalized spacial score (nSPS) is 18.4. The van der Waals surface area contributed by atoms with Crippen LogP contribution in [0.3, 0.4) is 0 Å². The van der Waals surface area contributed by atoms with E-state index >= 15 is 0 Å². The molecule has 0 radical (unpaired) electrons. The molecule has 0 saturated heterocycles. The van der Waals surface area contributed by atoms with E-state index in [1.54, 1.807) is 4.90 Å². The summed E-state index contributed by atoms with van der Waals surface area (Å²) in [7, 11) is 0. The number of Topliss-reactive ketones (excluding diaryl/α,β-unsaturated/α-hetero) is 1. The molecule has 11 heteroatoms. The van der Waals surface area contributed by atoms with Gasteiger partial charge in [0, 0.05) is 23.4 Å². The first kappa shape index (κ1) is 27.6. The minimum atomic E-state index is -0.559. The number of benzene rings is 2. The molecule has 2 aromatic carbocycles. The van der Waals surface area contributed by atoms with Crippen molar-refractivity contribution in [2.24, 2.45) is 11.1 Å². The fraction of sp³-hybridized carbons (Fsp3) is 0.276. The Kier molecular flexibility index (Phi) is 7.49. The Labute approximate surface area is 239 Å². The summed E-state index contributed by atoms with van der Waals surface area (Å²) in [6, 6.07) is 15.6. The van der Waals surface area contributed by atoms with E-state index in [4.69, 9.17) is 5.73 Å². The number of hydrogen-bond donors (Lipinski definition) is 2. The molecule has 0 fully saturated rings. The molecule has 1 aliphatic heterocycles. The summed E-state index contributed by atoms with van der Waals surface area (Å²) in [5.74, 6) is -0.944. The van der Waals surface area contributed by atoms with Crippen molar-refractivity contribution in [3.05, 3.63) is 88.1 Å². The number of nitriles is 1. The molecule has 40 heavy (non-hydrogen) atoms. The van der Waals surface area contributed by atoms with E-state index in [0.717, 1.165) is 16.8 Å². The van der Waals surface area contributed by atoms with Gasteiger partial charge >= 0.3 is 0 Å². The van der Waals surface area contributed by atoms with Crippen LogP contribution in [0.4, 0.5) is 15.2 Å². The lowest BCUT2D eigenvalue weighted by atomic mass is 9.68. The zero-order valence-corrected chi connectivity index (χ0v) is 23.8. The minimum absolute atomic E-state index is 0.0143. The van der Waals surface area contributed by atoms with E-state index in [1.807, 2.05) is 45.0 Å². The molecule has 3 N–H and O–H groups in total. The van der Waals surface area contributed by atoms with Gasteiger partial charge in [0.15, 0.2) is 10.1 Å². The molecular formula is C29H27FN6O2S2. The molecule has 1 atom stereocenters. The fourth-order valence-corrected chi connectivity index (χ4v) is 6.80. The van der Waals surface area contributed by atoms with Crippen molar-refractivity contribution >= 4 is 45.6 Å². The number of aromatic nitrogens is 2. The van der Waals surface area contributed by atoms with Gasteiger partial charge in [-0.15, -0.1) is 10.2 Å². The lowest BCUT2D eigenvalue weighted by Crippen LogP contribution is -2.42. The minimum Gasteiger partial charge on any atom is -0.384 e. The number of halogens is 1. The molecule has 2 heterocycles. The van der Waals surface area contributed by atoms with Crippen LogP contribution in [0.25, 0.3) is 0 Å². The first-order valence-corrected chi connectivity index (χ1v) is 14.4. The smallest absolute Gasteiger partial charge is 0.234 e. The average molecular weight is 575 g/mol. The lowest BCUT2D eigenvalue weighted by Gasteiger charge is -2.42. The Bertz CT molecular complexity index is 1600. The van der Waals surface area contributed by atoms with Gasteiger partial charge in [-0.25, -0.2) is 4.39 Å². The van der Waals surface area contributed by atoms with Gasteiger partial charge in [0.25, 0.3) is 0 Å². The standard InChI is InChI=1S/C29H27FN6O2S2/c1-16-5-4-6-17(11-16)24-20(14-31)26(32)36(21-12-29(2,3)13-22(37)25(21)24)27-34-35-28(40-27)39-15-23(38)33-19-9-7-18(30)8-10-19/h4-11,24H,12-13,15,32H2,1-3H3,(H,33,38). The van der Waals surface area contributed by atoms with Crippen molar-refractivity contribution in [3.63, 3.8) is 0 Å². The number of anilines is 2. The summed E-state index contributed by atoms with van der Waals surface area (Å²) < 4.78 is 13.7. The highest BCUT2D eigenvalue weighted by atomic mass is 32.2. The molecule has 204 valence electrons. The summed E-state index contributed by atoms with van der Waals surface area (Å²) in [4.78, 5) is 27.8. The Morgan fingerprint density at radius 1 is 1.25 bits per heavy atom. The van der Waals surface area contributed by atoms with Crippen molar-refractivity contribution in [2.45, 2.75) is 43.9 Å². The number of amides is 1. The van der Waals surface area contributed by atoms with Crippen LogP contribution >= 0.6 is 23.1 Å². The van der Waals surface area contributed by atoms with E-state index in [2.05, 4.69) is 21.6 Å². The summed E-state index contributed by atoms with van der Waals surface area (Å²) in [6.45, 7) is 6.05. The highest BCUT2D eigenvalue weighted by molar-refractivity contribution is 8.01. The van der Waals surface area contributed by atoms with Crippen LogP contribution in [0.5, 0.6) is 0 Å². The molecular weight excluding hydrogens is 547 g/mol. The predicted molar refractivity (Wildman–Crippen MR) is 154 cm³/mol. The van der Waals surface area contributed by atoms with Crippen molar-refractivity contribution in [3.8, 4) is 6.07 Å². The monoisotopic (exact) mass is 574 g/mol. The quantitative estimate of drug-likeness (QED) is 0.362. The fourth-order valence-electron chi connectivity index (χ4n) is 5.12. The zero-order valence-electron chi connectivity index (χ0n) is 22.2. The maximum atomic E-state index is 13.6. The maximum Gasteiger partial charge on any atom is 0.234 e. The molecule has 3 aromatic rings. The molecule has 5 rings (SSSR count).